The topological polar surface area (TPSA) is 37.7 Å². The van der Waals surface area contributed by atoms with Gasteiger partial charge in [-0.2, -0.15) is 0 Å². The maximum atomic E-state index is 12.5. The van der Waals surface area contributed by atoms with Crippen LogP contribution in [0.1, 0.15) is 10.4 Å². The first-order chi connectivity index (χ1) is 11.7. The van der Waals surface area contributed by atoms with Gasteiger partial charge in [-0.15, -0.1) is 0 Å². The SMILES string of the molecule is C=CCOC(=O)c1cc(-n2cccc2)ccc1N1CCN(C)CC1. The van der Waals surface area contributed by atoms with E-state index in [0.29, 0.717) is 5.56 Å². The summed E-state index contributed by atoms with van der Waals surface area (Å²) >= 11 is 0. The first-order valence-corrected chi connectivity index (χ1v) is 8.18. The molecule has 1 aliphatic rings. The third-order valence-electron chi connectivity index (χ3n) is 4.28. The summed E-state index contributed by atoms with van der Waals surface area (Å²) in [4.78, 5) is 17.1. The zero-order chi connectivity index (χ0) is 16.9. The molecule has 1 fully saturated rings. The minimum absolute atomic E-state index is 0.217. The van der Waals surface area contributed by atoms with Crippen molar-refractivity contribution in [1.82, 2.24) is 9.47 Å². The Balaban J connectivity index is 1.94. The standard InChI is InChI=1S/C19H23N3O2/c1-3-14-24-19(23)17-15-16(21-8-4-5-9-21)6-7-18(17)22-12-10-20(2)11-13-22/h3-9,15H,1,10-14H2,2H3. The van der Waals surface area contributed by atoms with E-state index in [-0.39, 0.29) is 12.6 Å². The molecule has 0 radical (unpaired) electrons. The maximum absolute atomic E-state index is 12.5. The molecule has 1 aromatic carbocycles. The predicted octanol–water partition coefficient (Wildman–Crippen LogP) is 2.57. The molecule has 24 heavy (non-hydrogen) atoms. The molecule has 0 bridgehead atoms. The van der Waals surface area contributed by atoms with Crippen LogP contribution in [0.4, 0.5) is 5.69 Å². The van der Waals surface area contributed by atoms with Gasteiger partial charge in [-0.25, -0.2) is 4.79 Å². The molecule has 2 aromatic rings. The predicted molar refractivity (Wildman–Crippen MR) is 96.0 cm³/mol. The number of esters is 1. The van der Waals surface area contributed by atoms with E-state index in [1.54, 1.807) is 6.08 Å². The van der Waals surface area contributed by atoms with E-state index in [9.17, 15) is 4.79 Å². The van der Waals surface area contributed by atoms with Crippen molar-refractivity contribution in [2.45, 2.75) is 0 Å². The highest BCUT2D eigenvalue weighted by atomic mass is 16.5. The van der Waals surface area contributed by atoms with E-state index in [4.69, 9.17) is 4.74 Å². The highest BCUT2D eigenvalue weighted by Gasteiger charge is 2.21. The summed E-state index contributed by atoms with van der Waals surface area (Å²) in [5, 5.41) is 0. The van der Waals surface area contributed by atoms with Crippen molar-refractivity contribution in [2.24, 2.45) is 0 Å². The lowest BCUT2D eigenvalue weighted by atomic mass is 10.1. The van der Waals surface area contributed by atoms with Gasteiger partial charge in [-0.1, -0.05) is 12.7 Å². The number of aromatic nitrogens is 1. The Labute approximate surface area is 142 Å². The minimum atomic E-state index is -0.308. The third kappa shape index (κ3) is 3.51. The molecule has 0 atom stereocenters. The van der Waals surface area contributed by atoms with Crippen LogP contribution < -0.4 is 4.90 Å². The van der Waals surface area contributed by atoms with Crippen LogP contribution in [0.25, 0.3) is 5.69 Å². The molecule has 0 aliphatic carbocycles. The molecule has 1 aromatic heterocycles. The lowest BCUT2D eigenvalue weighted by molar-refractivity contribution is 0.0550. The highest BCUT2D eigenvalue weighted by Crippen LogP contribution is 2.26. The van der Waals surface area contributed by atoms with Crippen LogP contribution in [-0.4, -0.2) is 55.3 Å². The molecule has 0 saturated carbocycles. The molecule has 0 unspecified atom stereocenters. The van der Waals surface area contributed by atoms with E-state index in [1.807, 2.05) is 47.3 Å². The number of nitrogens with zero attached hydrogens (tertiary/aromatic N) is 3. The van der Waals surface area contributed by atoms with Gasteiger partial charge in [-0.3, -0.25) is 0 Å². The van der Waals surface area contributed by atoms with Gasteiger partial charge in [0.25, 0.3) is 0 Å². The Morgan fingerprint density at radius 1 is 1.21 bits per heavy atom. The molecule has 0 amide bonds. The van der Waals surface area contributed by atoms with E-state index >= 15 is 0 Å². The van der Waals surface area contributed by atoms with Crippen LogP contribution in [0.5, 0.6) is 0 Å². The molecule has 2 heterocycles. The number of ether oxygens (including phenoxy) is 1. The van der Waals surface area contributed by atoms with Gasteiger partial charge in [0.2, 0.25) is 0 Å². The van der Waals surface area contributed by atoms with Crippen LogP contribution in [0.3, 0.4) is 0 Å². The molecule has 1 saturated heterocycles. The summed E-state index contributed by atoms with van der Waals surface area (Å²) in [5.74, 6) is -0.308. The molecule has 5 nitrogen and oxygen atoms in total. The number of benzene rings is 1. The molecule has 126 valence electrons. The Morgan fingerprint density at radius 2 is 1.92 bits per heavy atom. The van der Waals surface area contributed by atoms with Crippen molar-refractivity contribution in [1.29, 1.82) is 0 Å². The zero-order valence-corrected chi connectivity index (χ0v) is 14.0. The van der Waals surface area contributed by atoms with Crippen LogP contribution in [0.2, 0.25) is 0 Å². The fourth-order valence-electron chi connectivity index (χ4n) is 2.89. The maximum Gasteiger partial charge on any atom is 0.340 e. The number of likely N-dealkylation sites (N-methyl/N-ethyl adjacent to an activating group) is 1. The monoisotopic (exact) mass is 325 g/mol. The number of hydrogen-bond acceptors (Lipinski definition) is 4. The number of carbonyl (C=O) groups is 1. The molecule has 0 spiro atoms. The summed E-state index contributed by atoms with van der Waals surface area (Å²) in [7, 11) is 2.12. The first-order valence-electron chi connectivity index (χ1n) is 8.18. The van der Waals surface area contributed by atoms with Gasteiger partial charge in [0.05, 0.1) is 11.3 Å². The molecule has 5 heteroatoms. The first kappa shape index (κ1) is 16.3. The third-order valence-corrected chi connectivity index (χ3v) is 4.28. The number of hydrogen-bond donors (Lipinski definition) is 0. The summed E-state index contributed by atoms with van der Waals surface area (Å²) in [6.07, 6.45) is 5.51. The van der Waals surface area contributed by atoms with Crippen molar-refractivity contribution in [3.63, 3.8) is 0 Å². The summed E-state index contributed by atoms with van der Waals surface area (Å²) < 4.78 is 7.28. The fourth-order valence-corrected chi connectivity index (χ4v) is 2.89. The van der Waals surface area contributed by atoms with E-state index in [0.717, 1.165) is 37.6 Å². The van der Waals surface area contributed by atoms with Crippen molar-refractivity contribution in [3.8, 4) is 5.69 Å². The lowest BCUT2D eigenvalue weighted by Gasteiger charge is -2.35. The summed E-state index contributed by atoms with van der Waals surface area (Å²) in [6, 6.07) is 9.89. The Bertz CT molecular complexity index is 701. The van der Waals surface area contributed by atoms with E-state index in [1.165, 1.54) is 0 Å². The fraction of sp³-hybridized carbons (Fsp3) is 0.316. The Kier molecular flexibility index (Phi) is 5.01. The Morgan fingerprint density at radius 3 is 2.58 bits per heavy atom. The van der Waals surface area contributed by atoms with Crippen molar-refractivity contribution in [3.05, 3.63) is 60.9 Å². The van der Waals surface area contributed by atoms with Crippen molar-refractivity contribution in [2.75, 3.05) is 44.7 Å². The van der Waals surface area contributed by atoms with Gasteiger partial charge in [0, 0.05) is 44.3 Å². The number of carbonyl (C=O) groups excluding carboxylic acids is 1. The molecular weight excluding hydrogens is 302 g/mol. The van der Waals surface area contributed by atoms with E-state index in [2.05, 4.69) is 23.4 Å². The minimum Gasteiger partial charge on any atom is -0.458 e. The van der Waals surface area contributed by atoms with Crippen LogP contribution >= 0.6 is 0 Å². The zero-order valence-electron chi connectivity index (χ0n) is 14.0. The smallest absolute Gasteiger partial charge is 0.340 e. The molecular formula is C19H23N3O2. The van der Waals surface area contributed by atoms with Gasteiger partial charge in [-0.05, 0) is 37.4 Å². The van der Waals surface area contributed by atoms with Gasteiger partial charge in [0.1, 0.15) is 6.61 Å². The number of anilines is 1. The van der Waals surface area contributed by atoms with Crippen molar-refractivity contribution >= 4 is 11.7 Å². The molecule has 1 aliphatic heterocycles. The van der Waals surface area contributed by atoms with Crippen LogP contribution in [0, 0.1) is 0 Å². The quantitative estimate of drug-likeness (QED) is 0.625. The van der Waals surface area contributed by atoms with Crippen LogP contribution in [0.15, 0.2) is 55.4 Å². The average Bonchev–Trinajstić information content (AvgIpc) is 3.14. The molecule has 3 rings (SSSR count). The van der Waals surface area contributed by atoms with Gasteiger partial charge in [0.15, 0.2) is 0 Å². The van der Waals surface area contributed by atoms with Gasteiger partial charge >= 0.3 is 5.97 Å². The number of rotatable bonds is 5. The second-order valence-corrected chi connectivity index (χ2v) is 5.97. The second-order valence-electron chi connectivity index (χ2n) is 5.97. The van der Waals surface area contributed by atoms with E-state index < -0.39 is 0 Å². The second kappa shape index (κ2) is 7.36. The summed E-state index contributed by atoms with van der Waals surface area (Å²) in [5.41, 5.74) is 2.49. The summed E-state index contributed by atoms with van der Waals surface area (Å²) in [6.45, 7) is 7.61. The normalized spacial score (nSPS) is 15.3. The highest BCUT2D eigenvalue weighted by molar-refractivity contribution is 5.96. The lowest BCUT2D eigenvalue weighted by Crippen LogP contribution is -2.45. The van der Waals surface area contributed by atoms with Crippen molar-refractivity contribution < 1.29 is 9.53 Å². The number of piperazine rings is 1. The van der Waals surface area contributed by atoms with Crippen LogP contribution in [-0.2, 0) is 4.74 Å². The molecule has 0 N–H and O–H groups in total. The average molecular weight is 325 g/mol. The van der Waals surface area contributed by atoms with Gasteiger partial charge < -0.3 is 19.1 Å². The largest absolute Gasteiger partial charge is 0.458 e. The Hall–Kier alpha value is -2.53.